The summed E-state index contributed by atoms with van der Waals surface area (Å²) in [5.74, 6) is -0.185. The summed E-state index contributed by atoms with van der Waals surface area (Å²) < 4.78 is 5.11. The Balaban J connectivity index is 3.32. The Morgan fingerprint density at radius 2 is 1.82 bits per heavy atom. The van der Waals surface area contributed by atoms with Gasteiger partial charge >= 0.3 is 5.97 Å². The summed E-state index contributed by atoms with van der Waals surface area (Å²) in [5, 5.41) is 0. The molecule has 0 aliphatic rings. The molecule has 0 aromatic carbocycles. The molecule has 0 aromatic heterocycles. The third-order valence-electron chi connectivity index (χ3n) is 2.63. The first-order valence-corrected chi connectivity index (χ1v) is 6.67. The minimum absolute atomic E-state index is 0.185. The molecule has 0 spiro atoms. The molecule has 0 bridgehead atoms. The van der Waals surface area contributed by atoms with Crippen molar-refractivity contribution in [2.24, 2.45) is 0 Å². The maximum Gasteiger partial charge on any atom is 0.333 e. The van der Waals surface area contributed by atoms with Gasteiger partial charge in [0.2, 0.25) is 0 Å². The second-order valence-electron chi connectivity index (χ2n) is 4.22. The van der Waals surface area contributed by atoms with Gasteiger partial charge in [-0.3, -0.25) is 0 Å². The number of unbranched alkanes of at least 4 members (excludes halogenated alkanes) is 4. The van der Waals surface area contributed by atoms with Crippen LogP contribution in [0.5, 0.6) is 0 Å². The summed E-state index contributed by atoms with van der Waals surface area (Å²) in [7, 11) is 0. The normalized spacial score (nSPS) is 12.1. The van der Waals surface area contributed by atoms with Crippen LogP contribution in [0.15, 0.2) is 23.8 Å². The molecule has 0 radical (unpaired) electrons. The van der Waals surface area contributed by atoms with E-state index in [0.717, 1.165) is 19.3 Å². The molecule has 0 heterocycles. The van der Waals surface area contributed by atoms with E-state index in [2.05, 4.69) is 19.1 Å². The van der Waals surface area contributed by atoms with Gasteiger partial charge in [-0.2, -0.15) is 0 Å². The lowest BCUT2D eigenvalue weighted by molar-refractivity contribution is -0.139. The predicted molar refractivity (Wildman–Crippen MR) is 72.9 cm³/mol. The number of esters is 1. The van der Waals surface area contributed by atoms with Crippen molar-refractivity contribution in [3.8, 4) is 0 Å². The zero-order chi connectivity index (χ0) is 12.9. The van der Waals surface area contributed by atoms with Gasteiger partial charge in [0.05, 0.1) is 6.61 Å². The van der Waals surface area contributed by atoms with Gasteiger partial charge in [0.1, 0.15) is 0 Å². The number of carbonyl (C=O) groups is 1. The van der Waals surface area contributed by atoms with Crippen LogP contribution in [-0.2, 0) is 9.53 Å². The van der Waals surface area contributed by atoms with Crippen LogP contribution in [0.25, 0.3) is 0 Å². The minimum atomic E-state index is -0.185. The highest BCUT2D eigenvalue weighted by atomic mass is 16.5. The first-order chi connectivity index (χ1) is 8.22. The largest absolute Gasteiger partial charge is 0.462 e. The lowest BCUT2D eigenvalue weighted by Gasteiger charge is -2.03. The maximum absolute atomic E-state index is 11.3. The highest BCUT2D eigenvalue weighted by molar-refractivity contribution is 5.87. The zero-order valence-corrected chi connectivity index (χ0v) is 11.5. The summed E-state index contributed by atoms with van der Waals surface area (Å²) in [5.41, 5.74) is 0.687. The Morgan fingerprint density at radius 3 is 2.47 bits per heavy atom. The molecule has 0 rings (SSSR count). The summed E-state index contributed by atoms with van der Waals surface area (Å²) in [6, 6.07) is 0. The summed E-state index contributed by atoms with van der Waals surface area (Å²) >= 11 is 0. The van der Waals surface area contributed by atoms with E-state index in [1.165, 1.54) is 19.3 Å². The molecule has 0 atom stereocenters. The fraction of sp³-hybridized carbons (Fsp3) is 0.667. The van der Waals surface area contributed by atoms with Crippen LogP contribution in [0.1, 0.15) is 59.3 Å². The van der Waals surface area contributed by atoms with Gasteiger partial charge in [0, 0.05) is 5.57 Å². The highest BCUT2D eigenvalue weighted by Gasteiger charge is 2.02. The van der Waals surface area contributed by atoms with E-state index < -0.39 is 0 Å². The zero-order valence-electron chi connectivity index (χ0n) is 11.5. The van der Waals surface area contributed by atoms with Gasteiger partial charge < -0.3 is 4.74 Å². The molecular formula is C15H26O2. The molecule has 0 N–H and O–H groups in total. The van der Waals surface area contributed by atoms with Gasteiger partial charge in [0.25, 0.3) is 0 Å². The van der Waals surface area contributed by atoms with E-state index in [0.29, 0.717) is 12.2 Å². The molecule has 0 aromatic rings. The van der Waals surface area contributed by atoms with Gasteiger partial charge in [-0.05, 0) is 46.0 Å². The predicted octanol–water partition coefficient (Wildman–Crippen LogP) is 4.41. The number of carbonyl (C=O) groups excluding carboxylic acids is 1. The van der Waals surface area contributed by atoms with Crippen LogP contribution in [0.3, 0.4) is 0 Å². The smallest absolute Gasteiger partial charge is 0.333 e. The van der Waals surface area contributed by atoms with Gasteiger partial charge in [-0.15, -0.1) is 0 Å². The van der Waals surface area contributed by atoms with Crippen molar-refractivity contribution in [2.45, 2.75) is 59.3 Å². The summed E-state index contributed by atoms with van der Waals surface area (Å²) in [6.07, 6.45) is 13.1. The fourth-order valence-corrected chi connectivity index (χ4v) is 1.34. The van der Waals surface area contributed by atoms with Crippen molar-refractivity contribution in [1.82, 2.24) is 0 Å². The quantitative estimate of drug-likeness (QED) is 0.257. The number of hydrogen-bond donors (Lipinski definition) is 0. The maximum atomic E-state index is 11.3. The Morgan fingerprint density at radius 1 is 1.12 bits per heavy atom. The summed E-state index contributed by atoms with van der Waals surface area (Å²) in [6.45, 7) is 6.36. The third-order valence-corrected chi connectivity index (χ3v) is 2.63. The second-order valence-corrected chi connectivity index (χ2v) is 4.22. The first-order valence-electron chi connectivity index (χ1n) is 6.67. The lowest BCUT2D eigenvalue weighted by Crippen LogP contribution is -2.06. The lowest BCUT2D eigenvalue weighted by atomic mass is 10.2. The average molecular weight is 238 g/mol. The third kappa shape index (κ3) is 9.86. The molecular weight excluding hydrogens is 212 g/mol. The van der Waals surface area contributed by atoms with E-state index in [1.54, 1.807) is 13.0 Å². The topological polar surface area (TPSA) is 26.3 Å². The van der Waals surface area contributed by atoms with E-state index in [9.17, 15) is 4.79 Å². The average Bonchev–Trinajstić information content (AvgIpc) is 2.35. The summed E-state index contributed by atoms with van der Waals surface area (Å²) in [4.78, 5) is 11.3. The standard InChI is InChI=1S/C15H26O2/c1-4-6-7-8-9-10-11-12-13-17-15(16)14(3)5-2/h5,7-8H,4,6,9-13H2,1-3H3/b8-7+,14-5+. The molecule has 17 heavy (non-hydrogen) atoms. The Hall–Kier alpha value is -1.05. The van der Waals surface area contributed by atoms with Gasteiger partial charge in [0.15, 0.2) is 0 Å². The van der Waals surface area contributed by atoms with Gasteiger partial charge in [-0.25, -0.2) is 4.79 Å². The number of ether oxygens (including phenoxy) is 1. The van der Waals surface area contributed by atoms with Crippen LogP contribution in [0.4, 0.5) is 0 Å². The molecule has 0 saturated heterocycles. The molecule has 0 fully saturated rings. The van der Waals surface area contributed by atoms with Crippen molar-refractivity contribution in [3.05, 3.63) is 23.8 Å². The molecule has 98 valence electrons. The molecule has 0 aliphatic heterocycles. The monoisotopic (exact) mass is 238 g/mol. The molecule has 0 unspecified atom stereocenters. The van der Waals surface area contributed by atoms with Crippen LogP contribution < -0.4 is 0 Å². The van der Waals surface area contributed by atoms with Gasteiger partial charge in [-0.1, -0.05) is 31.6 Å². The molecule has 0 saturated carbocycles. The number of hydrogen-bond acceptors (Lipinski definition) is 2. The number of allylic oxidation sites excluding steroid dienone is 3. The fourth-order valence-electron chi connectivity index (χ4n) is 1.34. The molecule has 0 amide bonds. The van der Waals surface area contributed by atoms with Crippen LogP contribution >= 0.6 is 0 Å². The molecule has 0 aliphatic carbocycles. The van der Waals surface area contributed by atoms with E-state index in [-0.39, 0.29) is 5.97 Å². The van der Waals surface area contributed by atoms with Crippen LogP contribution in [-0.4, -0.2) is 12.6 Å². The van der Waals surface area contributed by atoms with E-state index in [4.69, 9.17) is 4.74 Å². The molecule has 2 heteroatoms. The van der Waals surface area contributed by atoms with Crippen molar-refractivity contribution in [2.75, 3.05) is 6.61 Å². The van der Waals surface area contributed by atoms with Crippen molar-refractivity contribution in [3.63, 3.8) is 0 Å². The highest BCUT2D eigenvalue weighted by Crippen LogP contribution is 2.03. The second kappa shape index (κ2) is 11.4. The van der Waals surface area contributed by atoms with Crippen molar-refractivity contribution >= 4 is 5.97 Å². The Kier molecular flexibility index (Phi) is 10.7. The number of rotatable bonds is 9. The Bertz CT molecular complexity index is 252. The minimum Gasteiger partial charge on any atom is -0.462 e. The SMILES string of the molecule is C/C=C(\C)C(=O)OCCCCC/C=C/CCC. The van der Waals surface area contributed by atoms with Crippen LogP contribution in [0.2, 0.25) is 0 Å². The van der Waals surface area contributed by atoms with E-state index in [1.807, 2.05) is 6.92 Å². The van der Waals surface area contributed by atoms with Crippen molar-refractivity contribution in [1.29, 1.82) is 0 Å². The molecule has 2 nitrogen and oxygen atoms in total. The Labute approximate surface area is 106 Å². The van der Waals surface area contributed by atoms with Crippen molar-refractivity contribution < 1.29 is 9.53 Å². The first kappa shape index (κ1) is 16.0. The van der Waals surface area contributed by atoms with E-state index >= 15 is 0 Å². The van der Waals surface area contributed by atoms with Crippen LogP contribution in [0, 0.1) is 0 Å².